The van der Waals surface area contributed by atoms with E-state index in [1.54, 1.807) is 6.20 Å². The number of nitrogens with zero attached hydrogens (tertiary/aromatic N) is 2. The van der Waals surface area contributed by atoms with Crippen molar-refractivity contribution >= 4 is 0 Å². The molecule has 0 radical (unpaired) electrons. The minimum atomic E-state index is -0.477. The number of pyridine rings is 1. The van der Waals surface area contributed by atoms with Gasteiger partial charge in [0.1, 0.15) is 5.82 Å². The first-order valence-corrected chi connectivity index (χ1v) is 4.79. The van der Waals surface area contributed by atoms with Crippen molar-refractivity contribution in [2.45, 2.75) is 31.1 Å². The van der Waals surface area contributed by atoms with Crippen LogP contribution in [0.1, 0.15) is 31.2 Å². The fraction of sp³-hybridized carbons (Fsp3) is 0.455. The Balaban J connectivity index is 2.42. The Kier molecular flexibility index (Phi) is 2.20. The van der Waals surface area contributed by atoms with E-state index in [0.29, 0.717) is 0 Å². The predicted molar refractivity (Wildman–Crippen MR) is 50.0 cm³/mol. The molecule has 0 N–H and O–H groups in total. The molecular weight excluding hydrogens is 179 g/mol. The van der Waals surface area contributed by atoms with Gasteiger partial charge in [-0.25, -0.2) is 4.39 Å². The average molecular weight is 190 g/mol. The Hall–Kier alpha value is -1.43. The van der Waals surface area contributed by atoms with Crippen LogP contribution in [0.15, 0.2) is 18.5 Å². The summed E-state index contributed by atoms with van der Waals surface area (Å²) < 4.78 is 13.0. The van der Waals surface area contributed by atoms with Gasteiger partial charge in [0.05, 0.1) is 17.7 Å². The molecule has 2 rings (SSSR count). The van der Waals surface area contributed by atoms with Crippen molar-refractivity contribution in [2.75, 3.05) is 0 Å². The van der Waals surface area contributed by atoms with E-state index in [2.05, 4.69) is 11.1 Å². The van der Waals surface area contributed by atoms with Crippen molar-refractivity contribution in [1.29, 1.82) is 5.26 Å². The summed E-state index contributed by atoms with van der Waals surface area (Å²) in [4.78, 5) is 3.80. The lowest BCUT2D eigenvalue weighted by molar-refractivity contribution is 0.555. The molecule has 0 aliphatic heterocycles. The van der Waals surface area contributed by atoms with E-state index in [9.17, 15) is 4.39 Å². The van der Waals surface area contributed by atoms with E-state index < -0.39 is 5.41 Å². The van der Waals surface area contributed by atoms with Gasteiger partial charge in [0.2, 0.25) is 0 Å². The highest BCUT2D eigenvalue weighted by Gasteiger charge is 2.36. The third-order valence-corrected chi connectivity index (χ3v) is 2.93. The van der Waals surface area contributed by atoms with Crippen LogP contribution in [0.5, 0.6) is 0 Å². The third-order valence-electron chi connectivity index (χ3n) is 2.93. The SMILES string of the molecule is N#CC1(c2cncc(F)c2)CCCC1. The smallest absolute Gasteiger partial charge is 0.141 e. The van der Waals surface area contributed by atoms with E-state index in [1.807, 2.05) is 0 Å². The zero-order valence-electron chi connectivity index (χ0n) is 7.83. The molecule has 72 valence electrons. The Morgan fingerprint density at radius 1 is 1.36 bits per heavy atom. The molecule has 1 aromatic heterocycles. The summed E-state index contributed by atoms with van der Waals surface area (Å²) in [6, 6.07) is 3.75. The van der Waals surface area contributed by atoms with Crippen molar-refractivity contribution in [2.24, 2.45) is 0 Å². The summed E-state index contributed by atoms with van der Waals surface area (Å²) in [5.74, 6) is -0.357. The van der Waals surface area contributed by atoms with Crippen LogP contribution in [0, 0.1) is 17.1 Å². The number of nitriles is 1. The van der Waals surface area contributed by atoms with Gasteiger partial charge in [0.15, 0.2) is 0 Å². The molecule has 0 unspecified atom stereocenters. The van der Waals surface area contributed by atoms with E-state index in [0.717, 1.165) is 31.2 Å². The van der Waals surface area contributed by atoms with E-state index in [1.165, 1.54) is 12.3 Å². The molecule has 0 bridgehead atoms. The lowest BCUT2D eigenvalue weighted by Crippen LogP contribution is -2.19. The molecule has 3 heteroatoms. The molecule has 0 aromatic carbocycles. The number of hydrogen-bond acceptors (Lipinski definition) is 2. The van der Waals surface area contributed by atoms with Crippen molar-refractivity contribution in [3.05, 3.63) is 29.8 Å². The molecule has 2 nitrogen and oxygen atoms in total. The first kappa shape index (κ1) is 9.14. The maximum atomic E-state index is 13.0. The second-order valence-electron chi connectivity index (χ2n) is 3.79. The largest absolute Gasteiger partial charge is 0.261 e. The molecule has 14 heavy (non-hydrogen) atoms. The quantitative estimate of drug-likeness (QED) is 0.682. The topological polar surface area (TPSA) is 36.7 Å². The highest BCUT2D eigenvalue weighted by Crippen LogP contribution is 2.40. The third kappa shape index (κ3) is 1.37. The standard InChI is InChI=1S/C11H11FN2/c12-10-5-9(6-14-7-10)11(8-13)3-1-2-4-11/h5-7H,1-4H2. The number of halogens is 1. The molecule has 0 spiro atoms. The molecule has 1 fully saturated rings. The lowest BCUT2D eigenvalue weighted by atomic mass is 9.81. The van der Waals surface area contributed by atoms with Gasteiger partial charge in [-0.2, -0.15) is 5.26 Å². The summed E-state index contributed by atoms with van der Waals surface area (Å²) in [5, 5.41) is 9.16. The molecule has 1 saturated carbocycles. The predicted octanol–water partition coefficient (Wildman–Crippen LogP) is 2.56. The minimum absolute atomic E-state index is 0.357. The van der Waals surface area contributed by atoms with Crippen LogP contribution in [0.3, 0.4) is 0 Å². The maximum absolute atomic E-state index is 13.0. The average Bonchev–Trinajstić information content (AvgIpc) is 2.67. The molecule has 0 saturated heterocycles. The first-order valence-electron chi connectivity index (χ1n) is 4.79. The van der Waals surface area contributed by atoms with Gasteiger partial charge < -0.3 is 0 Å². The minimum Gasteiger partial charge on any atom is -0.261 e. The first-order chi connectivity index (χ1) is 6.77. The van der Waals surface area contributed by atoms with Crippen LogP contribution in [-0.2, 0) is 5.41 Å². The van der Waals surface area contributed by atoms with E-state index >= 15 is 0 Å². The molecule has 0 amide bonds. The van der Waals surface area contributed by atoms with Crippen LogP contribution in [-0.4, -0.2) is 4.98 Å². The Morgan fingerprint density at radius 3 is 2.64 bits per heavy atom. The molecule has 1 heterocycles. The van der Waals surface area contributed by atoms with Crippen LogP contribution in [0.25, 0.3) is 0 Å². The van der Waals surface area contributed by atoms with Crippen LogP contribution >= 0.6 is 0 Å². The number of rotatable bonds is 1. The second-order valence-corrected chi connectivity index (χ2v) is 3.79. The van der Waals surface area contributed by atoms with Crippen LogP contribution in [0.4, 0.5) is 4.39 Å². The molecule has 1 aliphatic rings. The molecular formula is C11H11FN2. The molecule has 0 atom stereocenters. The summed E-state index contributed by atoms with van der Waals surface area (Å²) >= 11 is 0. The van der Waals surface area contributed by atoms with E-state index in [-0.39, 0.29) is 5.82 Å². The van der Waals surface area contributed by atoms with Gasteiger partial charge in [-0.15, -0.1) is 0 Å². The number of aromatic nitrogens is 1. The van der Waals surface area contributed by atoms with Gasteiger partial charge in [-0.3, -0.25) is 4.98 Å². The van der Waals surface area contributed by atoms with Gasteiger partial charge in [-0.05, 0) is 24.5 Å². The molecule has 1 aromatic rings. The van der Waals surface area contributed by atoms with Crippen molar-refractivity contribution in [3.8, 4) is 6.07 Å². The lowest BCUT2D eigenvalue weighted by Gasteiger charge is -2.19. The maximum Gasteiger partial charge on any atom is 0.141 e. The summed E-state index contributed by atoms with van der Waals surface area (Å²) in [6.07, 6.45) is 6.53. The normalized spacial score (nSPS) is 19.1. The summed E-state index contributed by atoms with van der Waals surface area (Å²) in [7, 11) is 0. The Labute approximate surface area is 82.4 Å². The van der Waals surface area contributed by atoms with Crippen molar-refractivity contribution in [3.63, 3.8) is 0 Å². The highest BCUT2D eigenvalue weighted by atomic mass is 19.1. The zero-order chi connectivity index (χ0) is 10.0. The number of hydrogen-bond donors (Lipinski definition) is 0. The van der Waals surface area contributed by atoms with Crippen molar-refractivity contribution < 1.29 is 4.39 Å². The fourth-order valence-corrected chi connectivity index (χ4v) is 2.12. The Bertz CT molecular complexity index is 375. The van der Waals surface area contributed by atoms with Crippen LogP contribution < -0.4 is 0 Å². The van der Waals surface area contributed by atoms with Gasteiger partial charge in [-0.1, -0.05) is 12.8 Å². The highest BCUT2D eigenvalue weighted by molar-refractivity contribution is 5.31. The van der Waals surface area contributed by atoms with Crippen LogP contribution in [0.2, 0.25) is 0 Å². The summed E-state index contributed by atoms with van der Waals surface area (Å²) in [6.45, 7) is 0. The molecule has 1 aliphatic carbocycles. The van der Waals surface area contributed by atoms with Gasteiger partial charge in [0.25, 0.3) is 0 Å². The van der Waals surface area contributed by atoms with Gasteiger partial charge in [0, 0.05) is 6.20 Å². The Morgan fingerprint density at radius 2 is 2.07 bits per heavy atom. The zero-order valence-corrected chi connectivity index (χ0v) is 7.83. The summed E-state index contributed by atoms with van der Waals surface area (Å²) in [5.41, 5.74) is 0.257. The van der Waals surface area contributed by atoms with Gasteiger partial charge >= 0.3 is 0 Å². The monoisotopic (exact) mass is 190 g/mol. The second kappa shape index (κ2) is 3.38. The van der Waals surface area contributed by atoms with Crippen molar-refractivity contribution in [1.82, 2.24) is 4.98 Å². The fourth-order valence-electron chi connectivity index (χ4n) is 2.12. The van der Waals surface area contributed by atoms with E-state index in [4.69, 9.17) is 5.26 Å².